The molecule has 0 saturated heterocycles. The molecule has 1 aliphatic carbocycles. The third kappa shape index (κ3) is 2.46. The summed E-state index contributed by atoms with van der Waals surface area (Å²) in [6.45, 7) is 0. The van der Waals surface area contributed by atoms with Crippen molar-refractivity contribution in [1.29, 1.82) is 0 Å². The number of amides is 1. The Morgan fingerprint density at radius 3 is 3.05 bits per heavy atom. The van der Waals surface area contributed by atoms with Crippen molar-refractivity contribution in [3.8, 4) is 0 Å². The molecule has 2 unspecified atom stereocenters. The lowest BCUT2D eigenvalue weighted by molar-refractivity contribution is -0.121. The number of aromatic nitrogens is 2. The molecule has 100 valence electrons. The van der Waals surface area contributed by atoms with Gasteiger partial charge >= 0.3 is 0 Å². The van der Waals surface area contributed by atoms with E-state index in [4.69, 9.17) is 5.73 Å². The van der Waals surface area contributed by atoms with Crippen LogP contribution >= 0.6 is 0 Å². The van der Waals surface area contributed by atoms with Crippen molar-refractivity contribution in [1.82, 2.24) is 10.2 Å². The van der Waals surface area contributed by atoms with E-state index in [1.807, 2.05) is 18.2 Å². The lowest BCUT2D eigenvalue weighted by Crippen LogP contribution is -2.40. The van der Waals surface area contributed by atoms with Gasteiger partial charge in [0.2, 0.25) is 5.91 Å². The van der Waals surface area contributed by atoms with Crippen molar-refractivity contribution >= 4 is 22.5 Å². The third-order valence-electron chi connectivity index (χ3n) is 3.86. The molecular formula is C14H18N4O. The number of rotatable bonds is 2. The summed E-state index contributed by atoms with van der Waals surface area (Å²) in [7, 11) is 0. The van der Waals surface area contributed by atoms with Gasteiger partial charge in [0, 0.05) is 17.1 Å². The fraction of sp³-hybridized carbons (Fsp3) is 0.429. The number of nitrogens with zero attached hydrogens (tertiary/aromatic N) is 1. The van der Waals surface area contributed by atoms with Gasteiger partial charge in [-0.1, -0.05) is 12.8 Å². The van der Waals surface area contributed by atoms with Gasteiger partial charge < -0.3 is 11.1 Å². The third-order valence-corrected chi connectivity index (χ3v) is 3.86. The molecule has 19 heavy (non-hydrogen) atoms. The maximum Gasteiger partial charge on any atom is 0.229 e. The van der Waals surface area contributed by atoms with Gasteiger partial charge in [-0.2, -0.15) is 5.10 Å². The van der Waals surface area contributed by atoms with Crippen molar-refractivity contribution in [2.75, 3.05) is 5.32 Å². The summed E-state index contributed by atoms with van der Waals surface area (Å²) in [5, 5.41) is 10.8. The number of benzene rings is 1. The highest BCUT2D eigenvalue weighted by molar-refractivity contribution is 5.95. The minimum Gasteiger partial charge on any atom is -0.327 e. The van der Waals surface area contributed by atoms with Crippen molar-refractivity contribution < 1.29 is 4.79 Å². The predicted molar refractivity (Wildman–Crippen MR) is 74.7 cm³/mol. The molecule has 1 amide bonds. The number of hydrogen-bond acceptors (Lipinski definition) is 3. The highest BCUT2D eigenvalue weighted by atomic mass is 16.1. The summed E-state index contributed by atoms with van der Waals surface area (Å²) < 4.78 is 0. The van der Waals surface area contributed by atoms with Gasteiger partial charge in [-0.25, -0.2) is 0 Å². The van der Waals surface area contributed by atoms with Crippen LogP contribution in [0, 0.1) is 5.92 Å². The summed E-state index contributed by atoms with van der Waals surface area (Å²) in [6.07, 6.45) is 5.80. The minimum absolute atomic E-state index is 0.00796. The average molecular weight is 258 g/mol. The zero-order valence-corrected chi connectivity index (χ0v) is 10.7. The van der Waals surface area contributed by atoms with Gasteiger partial charge in [0.15, 0.2) is 0 Å². The van der Waals surface area contributed by atoms with E-state index in [2.05, 4.69) is 15.5 Å². The molecule has 1 saturated carbocycles. The van der Waals surface area contributed by atoms with Gasteiger partial charge in [-0.3, -0.25) is 9.89 Å². The molecule has 0 aliphatic heterocycles. The molecule has 4 N–H and O–H groups in total. The maximum absolute atomic E-state index is 12.2. The van der Waals surface area contributed by atoms with E-state index in [1.54, 1.807) is 6.20 Å². The van der Waals surface area contributed by atoms with Crippen LogP contribution in [0.15, 0.2) is 24.4 Å². The Balaban J connectivity index is 1.74. The minimum atomic E-state index is -0.0613. The lowest BCUT2D eigenvalue weighted by Gasteiger charge is -2.27. The molecule has 1 heterocycles. The van der Waals surface area contributed by atoms with Crippen molar-refractivity contribution in [3.05, 3.63) is 24.4 Å². The number of hydrogen-bond donors (Lipinski definition) is 3. The first-order valence-corrected chi connectivity index (χ1v) is 6.73. The Hall–Kier alpha value is -1.88. The normalized spacial score (nSPS) is 23.4. The Kier molecular flexibility index (Phi) is 3.21. The predicted octanol–water partition coefficient (Wildman–Crippen LogP) is 2.02. The largest absolute Gasteiger partial charge is 0.327 e. The number of carbonyl (C=O) groups is 1. The zero-order valence-electron chi connectivity index (χ0n) is 10.7. The second-order valence-corrected chi connectivity index (χ2v) is 5.22. The Labute approximate surface area is 111 Å². The SMILES string of the molecule is NC1CCCCC1C(=O)Nc1ccc2[nH]ncc2c1. The molecule has 3 rings (SSSR count). The van der Waals surface area contributed by atoms with E-state index in [1.165, 1.54) is 0 Å². The summed E-state index contributed by atoms with van der Waals surface area (Å²) in [4.78, 5) is 12.2. The molecule has 1 aromatic heterocycles. The number of aromatic amines is 1. The summed E-state index contributed by atoms with van der Waals surface area (Å²) in [5.41, 5.74) is 7.80. The van der Waals surface area contributed by atoms with Crippen LogP contribution in [0.25, 0.3) is 10.9 Å². The second-order valence-electron chi connectivity index (χ2n) is 5.22. The van der Waals surface area contributed by atoms with Crippen molar-refractivity contribution in [3.63, 3.8) is 0 Å². The molecule has 0 spiro atoms. The van der Waals surface area contributed by atoms with Gasteiger partial charge in [-0.15, -0.1) is 0 Å². The second kappa shape index (κ2) is 5.01. The number of nitrogens with two attached hydrogens (primary N) is 1. The van der Waals surface area contributed by atoms with E-state index < -0.39 is 0 Å². The van der Waals surface area contributed by atoms with E-state index in [0.717, 1.165) is 42.3 Å². The van der Waals surface area contributed by atoms with Gasteiger partial charge in [-0.05, 0) is 31.0 Å². The highest BCUT2D eigenvalue weighted by Gasteiger charge is 2.28. The fourth-order valence-electron chi connectivity index (χ4n) is 2.74. The number of carbonyl (C=O) groups excluding carboxylic acids is 1. The topological polar surface area (TPSA) is 83.8 Å². The molecule has 5 heteroatoms. The Morgan fingerprint density at radius 1 is 1.37 bits per heavy atom. The van der Waals surface area contributed by atoms with Crippen LogP contribution < -0.4 is 11.1 Å². The molecule has 0 radical (unpaired) electrons. The number of fused-ring (bicyclic) bond motifs is 1. The summed E-state index contributed by atoms with van der Waals surface area (Å²) in [5.74, 6) is -0.0242. The number of anilines is 1. The van der Waals surface area contributed by atoms with Gasteiger partial charge in [0.25, 0.3) is 0 Å². The highest BCUT2D eigenvalue weighted by Crippen LogP contribution is 2.25. The smallest absolute Gasteiger partial charge is 0.229 e. The van der Waals surface area contributed by atoms with E-state index >= 15 is 0 Å². The molecule has 2 aromatic rings. The fourth-order valence-corrected chi connectivity index (χ4v) is 2.74. The van der Waals surface area contributed by atoms with Crippen LogP contribution in [0.1, 0.15) is 25.7 Å². The molecule has 5 nitrogen and oxygen atoms in total. The monoisotopic (exact) mass is 258 g/mol. The van der Waals surface area contributed by atoms with E-state index in [0.29, 0.717) is 0 Å². The first kappa shape index (κ1) is 12.2. The average Bonchev–Trinajstić information content (AvgIpc) is 2.86. The molecule has 2 atom stereocenters. The van der Waals surface area contributed by atoms with Crippen LogP contribution in [0.5, 0.6) is 0 Å². The molecule has 0 bridgehead atoms. The first-order valence-electron chi connectivity index (χ1n) is 6.73. The number of nitrogens with one attached hydrogen (secondary N) is 2. The Morgan fingerprint density at radius 2 is 2.21 bits per heavy atom. The van der Waals surface area contributed by atoms with Crippen LogP contribution in [0.2, 0.25) is 0 Å². The van der Waals surface area contributed by atoms with Crippen LogP contribution in [0.3, 0.4) is 0 Å². The van der Waals surface area contributed by atoms with Crippen molar-refractivity contribution in [2.45, 2.75) is 31.7 Å². The Bertz CT molecular complexity index is 592. The molecule has 1 aromatic carbocycles. The quantitative estimate of drug-likeness (QED) is 0.770. The lowest BCUT2D eigenvalue weighted by atomic mass is 9.84. The van der Waals surface area contributed by atoms with E-state index in [-0.39, 0.29) is 17.9 Å². The van der Waals surface area contributed by atoms with E-state index in [9.17, 15) is 4.79 Å². The molecular weight excluding hydrogens is 240 g/mol. The first-order chi connectivity index (χ1) is 9.24. The summed E-state index contributed by atoms with van der Waals surface area (Å²) >= 11 is 0. The molecule has 1 fully saturated rings. The molecule has 1 aliphatic rings. The zero-order chi connectivity index (χ0) is 13.2. The standard InChI is InChI=1S/C14H18N4O/c15-12-4-2-1-3-11(12)14(19)17-10-5-6-13-9(7-10)8-16-18-13/h5-8,11-12H,1-4,15H2,(H,16,18)(H,17,19). The number of H-pyrrole nitrogens is 1. The van der Waals surface area contributed by atoms with Crippen LogP contribution in [-0.2, 0) is 4.79 Å². The van der Waals surface area contributed by atoms with Gasteiger partial charge in [0.1, 0.15) is 0 Å². The van der Waals surface area contributed by atoms with Crippen LogP contribution in [-0.4, -0.2) is 22.1 Å². The van der Waals surface area contributed by atoms with Gasteiger partial charge in [0.05, 0.1) is 17.6 Å². The summed E-state index contributed by atoms with van der Waals surface area (Å²) in [6, 6.07) is 5.71. The maximum atomic E-state index is 12.2. The van der Waals surface area contributed by atoms with Crippen molar-refractivity contribution in [2.24, 2.45) is 11.7 Å². The van der Waals surface area contributed by atoms with Crippen LogP contribution in [0.4, 0.5) is 5.69 Å².